The van der Waals surface area contributed by atoms with Crippen LogP contribution in [0.15, 0.2) is 60.7 Å². The molecule has 1 saturated heterocycles. The third-order valence-electron chi connectivity index (χ3n) is 5.99. The zero-order chi connectivity index (χ0) is 23.3. The molecule has 2 amide bonds. The van der Waals surface area contributed by atoms with Crippen molar-refractivity contribution in [3.05, 3.63) is 99.6 Å². The molecule has 0 aliphatic carbocycles. The van der Waals surface area contributed by atoms with Crippen LogP contribution in [0.2, 0.25) is 5.02 Å². The first-order chi connectivity index (χ1) is 15.8. The number of carbonyl (C=O) groups is 2. The summed E-state index contributed by atoms with van der Waals surface area (Å²) >= 11 is 7.52. The minimum absolute atomic E-state index is 0.0631. The summed E-state index contributed by atoms with van der Waals surface area (Å²) in [5, 5.41) is 0.440. The second kappa shape index (κ2) is 8.15. The van der Waals surface area contributed by atoms with Crippen LogP contribution in [0.25, 0.3) is 0 Å². The van der Waals surface area contributed by atoms with Gasteiger partial charge in [-0.25, -0.2) is 8.78 Å². The van der Waals surface area contributed by atoms with Crippen LogP contribution in [0.3, 0.4) is 0 Å². The molecule has 3 aromatic carbocycles. The van der Waals surface area contributed by atoms with E-state index in [0.717, 1.165) is 23.3 Å². The zero-order valence-electron chi connectivity index (χ0n) is 17.6. The average Bonchev–Trinajstić information content (AvgIpc) is 3.33. The van der Waals surface area contributed by atoms with Crippen LogP contribution in [0, 0.1) is 18.6 Å². The summed E-state index contributed by atoms with van der Waals surface area (Å²) in [6.45, 7) is 2.39. The fourth-order valence-corrected chi connectivity index (χ4v) is 6.13. The monoisotopic (exact) mass is 484 g/mol. The highest BCUT2D eigenvalue weighted by Crippen LogP contribution is 2.55. The molecule has 1 atom stereocenters. The molecule has 1 spiro atoms. The molecular formula is C25H19ClF2N2O2S. The molecule has 0 radical (unpaired) electrons. The Morgan fingerprint density at radius 2 is 1.91 bits per heavy atom. The number of rotatable bonds is 3. The molecule has 0 aromatic heterocycles. The van der Waals surface area contributed by atoms with Crippen LogP contribution in [0.5, 0.6) is 0 Å². The Labute approximate surface area is 199 Å². The van der Waals surface area contributed by atoms with Gasteiger partial charge in [0.1, 0.15) is 0 Å². The lowest BCUT2D eigenvalue weighted by Gasteiger charge is -2.33. The molecule has 0 saturated carbocycles. The van der Waals surface area contributed by atoms with Crippen LogP contribution < -0.4 is 4.90 Å². The van der Waals surface area contributed by atoms with E-state index in [9.17, 15) is 18.4 Å². The number of aryl methyl sites for hydroxylation is 1. The summed E-state index contributed by atoms with van der Waals surface area (Å²) in [5.74, 6) is -1.87. The van der Waals surface area contributed by atoms with Crippen molar-refractivity contribution in [2.24, 2.45) is 0 Å². The summed E-state index contributed by atoms with van der Waals surface area (Å²) in [6, 6.07) is 15.9. The second-order valence-electron chi connectivity index (χ2n) is 8.12. The first kappa shape index (κ1) is 21.9. The standard InChI is InChI=1S/C25H19ClF2N2O2S/c1-15-5-8-22-19(11-15)25(24(32)29(22)14-16-6-7-20(27)21(28)12-16)30(9-10-33-25)23(31)17-3-2-4-18(26)13-17/h2-8,11-13H,9-10,14H2,1H3. The summed E-state index contributed by atoms with van der Waals surface area (Å²) in [4.78, 5) is 29.5. The molecule has 5 rings (SSSR count). The van der Waals surface area contributed by atoms with Gasteiger partial charge in [-0.2, -0.15) is 0 Å². The Hall–Kier alpha value is -2.90. The maximum atomic E-state index is 14.0. The third-order valence-corrected chi connectivity index (χ3v) is 7.64. The maximum absolute atomic E-state index is 14.0. The van der Waals surface area contributed by atoms with Gasteiger partial charge in [0.2, 0.25) is 0 Å². The molecule has 168 valence electrons. The van der Waals surface area contributed by atoms with E-state index in [-0.39, 0.29) is 18.4 Å². The summed E-state index contributed by atoms with van der Waals surface area (Å²) < 4.78 is 27.3. The highest BCUT2D eigenvalue weighted by molar-refractivity contribution is 8.01. The second-order valence-corrected chi connectivity index (χ2v) is 9.84. The van der Waals surface area contributed by atoms with Crippen LogP contribution in [-0.4, -0.2) is 29.0 Å². The molecule has 0 N–H and O–H groups in total. The molecule has 2 aliphatic rings. The fraction of sp³-hybridized carbons (Fsp3) is 0.200. The highest BCUT2D eigenvalue weighted by atomic mass is 35.5. The van der Waals surface area contributed by atoms with Gasteiger partial charge in [-0.3, -0.25) is 9.59 Å². The van der Waals surface area contributed by atoms with Gasteiger partial charge in [-0.1, -0.05) is 41.4 Å². The molecule has 4 nitrogen and oxygen atoms in total. The van der Waals surface area contributed by atoms with Crippen LogP contribution in [-0.2, 0) is 16.2 Å². The number of nitrogens with zero attached hydrogens (tertiary/aromatic N) is 2. The summed E-state index contributed by atoms with van der Waals surface area (Å²) in [7, 11) is 0. The lowest BCUT2D eigenvalue weighted by Crippen LogP contribution is -2.50. The number of fused-ring (bicyclic) bond motifs is 2. The topological polar surface area (TPSA) is 40.6 Å². The van der Waals surface area contributed by atoms with Crippen molar-refractivity contribution in [1.29, 1.82) is 0 Å². The van der Waals surface area contributed by atoms with E-state index >= 15 is 0 Å². The summed E-state index contributed by atoms with van der Waals surface area (Å²) in [5.41, 5.74) is 3.21. The summed E-state index contributed by atoms with van der Waals surface area (Å²) in [6.07, 6.45) is 0. The van der Waals surface area contributed by atoms with Crippen molar-refractivity contribution in [2.45, 2.75) is 18.3 Å². The SMILES string of the molecule is Cc1ccc2c(c1)C1(SCCN1C(=O)c1cccc(Cl)c1)C(=O)N2Cc1ccc(F)c(F)c1. The molecule has 2 heterocycles. The smallest absolute Gasteiger partial charge is 0.268 e. The van der Waals surface area contributed by atoms with Gasteiger partial charge < -0.3 is 9.80 Å². The van der Waals surface area contributed by atoms with Crippen LogP contribution >= 0.6 is 23.4 Å². The number of benzene rings is 3. The number of amides is 2. The zero-order valence-corrected chi connectivity index (χ0v) is 19.2. The van der Waals surface area contributed by atoms with Gasteiger partial charge in [-0.15, -0.1) is 11.8 Å². The number of hydrogen-bond donors (Lipinski definition) is 0. The van der Waals surface area contributed by atoms with E-state index in [1.54, 1.807) is 34.1 Å². The lowest BCUT2D eigenvalue weighted by atomic mass is 10.0. The van der Waals surface area contributed by atoms with Gasteiger partial charge in [0.15, 0.2) is 16.5 Å². The van der Waals surface area contributed by atoms with Crippen molar-refractivity contribution in [1.82, 2.24) is 4.90 Å². The van der Waals surface area contributed by atoms with Crippen molar-refractivity contribution in [3.63, 3.8) is 0 Å². The molecule has 33 heavy (non-hydrogen) atoms. The van der Waals surface area contributed by atoms with Crippen molar-refractivity contribution in [2.75, 3.05) is 17.2 Å². The van der Waals surface area contributed by atoms with E-state index in [4.69, 9.17) is 11.6 Å². The van der Waals surface area contributed by atoms with E-state index < -0.39 is 16.5 Å². The van der Waals surface area contributed by atoms with Gasteiger partial charge in [0.25, 0.3) is 11.8 Å². The van der Waals surface area contributed by atoms with E-state index in [0.29, 0.717) is 34.1 Å². The quantitative estimate of drug-likeness (QED) is 0.492. The highest BCUT2D eigenvalue weighted by Gasteiger charge is 2.59. The molecule has 2 aliphatic heterocycles. The third kappa shape index (κ3) is 3.50. The van der Waals surface area contributed by atoms with Crippen molar-refractivity contribution in [3.8, 4) is 0 Å². The normalized spacial score (nSPS) is 19.5. The lowest BCUT2D eigenvalue weighted by molar-refractivity contribution is -0.123. The maximum Gasteiger partial charge on any atom is 0.268 e. The van der Waals surface area contributed by atoms with Crippen molar-refractivity contribution >= 4 is 40.9 Å². The van der Waals surface area contributed by atoms with E-state index in [1.807, 2.05) is 25.1 Å². The molecule has 3 aromatic rings. The average molecular weight is 485 g/mol. The van der Waals surface area contributed by atoms with E-state index in [1.165, 1.54) is 17.8 Å². The Kier molecular flexibility index (Phi) is 5.41. The van der Waals surface area contributed by atoms with Crippen molar-refractivity contribution < 1.29 is 18.4 Å². The molecule has 1 fully saturated rings. The van der Waals surface area contributed by atoms with Crippen LogP contribution in [0.1, 0.15) is 27.0 Å². The Bertz CT molecular complexity index is 1300. The molecule has 1 unspecified atom stereocenters. The van der Waals surface area contributed by atoms with Gasteiger partial charge >= 0.3 is 0 Å². The van der Waals surface area contributed by atoms with Gasteiger partial charge in [-0.05, 0) is 48.9 Å². The van der Waals surface area contributed by atoms with Gasteiger partial charge in [0, 0.05) is 28.4 Å². The molecular weight excluding hydrogens is 466 g/mol. The Morgan fingerprint density at radius 1 is 1.09 bits per heavy atom. The largest absolute Gasteiger partial charge is 0.311 e. The van der Waals surface area contributed by atoms with Gasteiger partial charge in [0.05, 0.1) is 12.2 Å². The Morgan fingerprint density at radius 3 is 2.67 bits per heavy atom. The number of hydrogen-bond acceptors (Lipinski definition) is 3. The predicted molar refractivity (Wildman–Crippen MR) is 125 cm³/mol. The fourth-order valence-electron chi connectivity index (χ4n) is 4.48. The number of anilines is 1. The number of halogens is 3. The predicted octanol–water partition coefficient (Wildman–Crippen LogP) is 5.52. The number of carbonyl (C=O) groups excluding carboxylic acids is 2. The molecule has 0 bridgehead atoms. The van der Waals surface area contributed by atoms with E-state index in [2.05, 4.69) is 0 Å². The minimum atomic E-state index is -1.22. The first-order valence-electron chi connectivity index (χ1n) is 10.4. The molecule has 8 heteroatoms. The van der Waals surface area contributed by atoms with Crippen LogP contribution in [0.4, 0.5) is 14.5 Å². The number of thioether (sulfide) groups is 1. The minimum Gasteiger partial charge on any atom is -0.311 e. The first-order valence-corrected chi connectivity index (χ1v) is 11.8. The Balaban J connectivity index is 1.60.